The molecule has 2 heterocycles. The van der Waals surface area contributed by atoms with Crippen LogP contribution < -0.4 is 14.8 Å². The predicted molar refractivity (Wildman–Crippen MR) is 86.4 cm³/mol. The van der Waals surface area contributed by atoms with Gasteiger partial charge < -0.3 is 14.8 Å². The zero-order chi connectivity index (χ0) is 16.1. The Morgan fingerprint density at radius 2 is 2.09 bits per heavy atom. The first kappa shape index (κ1) is 15.3. The second-order valence-electron chi connectivity index (χ2n) is 5.60. The molecule has 0 unspecified atom stereocenters. The van der Waals surface area contributed by atoms with Crippen LogP contribution in [-0.2, 0) is 17.8 Å². The number of benzene rings is 1. The fourth-order valence-electron chi connectivity index (χ4n) is 2.45. The number of ether oxygens (including phenoxy) is 2. The maximum Gasteiger partial charge on any atom is 0.217 e. The van der Waals surface area contributed by atoms with Crippen LogP contribution in [0, 0.1) is 0 Å². The zero-order valence-corrected chi connectivity index (χ0v) is 13.1. The Labute approximate surface area is 135 Å². The molecule has 5 nitrogen and oxygen atoms in total. The number of amides is 1. The summed E-state index contributed by atoms with van der Waals surface area (Å²) in [6, 6.07) is 11.7. The molecule has 0 aliphatic carbocycles. The molecule has 1 aliphatic rings. The summed E-state index contributed by atoms with van der Waals surface area (Å²) in [7, 11) is 0. The van der Waals surface area contributed by atoms with Gasteiger partial charge in [-0.3, -0.25) is 9.78 Å². The maximum atomic E-state index is 10.9. The SMILES string of the molecule is CC(=O)NCc1ccc(CC[C@@H]2COc3ccccc3O2)nc1. The van der Waals surface area contributed by atoms with E-state index in [2.05, 4.69) is 10.3 Å². The molecule has 23 heavy (non-hydrogen) atoms. The van der Waals surface area contributed by atoms with Crippen LogP contribution in [0.2, 0.25) is 0 Å². The van der Waals surface area contributed by atoms with Crippen LogP contribution in [0.15, 0.2) is 42.6 Å². The molecule has 0 spiro atoms. The molecule has 1 amide bonds. The summed E-state index contributed by atoms with van der Waals surface area (Å²) in [5, 5.41) is 2.76. The topological polar surface area (TPSA) is 60.5 Å². The highest BCUT2D eigenvalue weighted by Crippen LogP contribution is 2.31. The van der Waals surface area contributed by atoms with E-state index in [-0.39, 0.29) is 12.0 Å². The molecular weight excluding hydrogens is 292 g/mol. The van der Waals surface area contributed by atoms with Crippen LogP contribution in [-0.4, -0.2) is 23.6 Å². The molecular formula is C18H20N2O3. The molecule has 120 valence electrons. The van der Waals surface area contributed by atoms with Crippen molar-refractivity contribution in [3.05, 3.63) is 53.9 Å². The number of aromatic nitrogens is 1. The Morgan fingerprint density at radius 1 is 1.26 bits per heavy atom. The number of aryl methyl sites for hydroxylation is 1. The Balaban J connectivity index is 1.50. The smallest absolute Gasteiger partial charge is 0.217 e. The van der Waals surface area contributed by atoms with Crippen molar-refractivity contribution >= 4 is 5.91 Å². The van der Waals surface area contributed by atoms with Crippen molar-refractivity contribution in [2.24, 2.45) is 0 Å². The number of hydrogen-bond donors (Lipinski definition) is 1. The van der Waals surface area contributed by atoms with Crippen molar-refractivity contribution in [3.8, 4) is 11.5 Å². The van der Waals surface area contributed by atoms with Gasteiger partial charge in [0.05, 0.1) is 0 Å². The van der Waals surface area contributed by atoms with Crippen LogP contribution >= 0.6 is 0 Å². The van der Waals surface area contributed by atoms with Gasteiger partial charge >= 0.3 is 0 Å². The predicted octanol–water partition coefficient (Wildman–Crippen LogP) is 2.49. The second-order valence-corrected chi connectivity index (χ2v) is 5.60. The normalized spacial score (nSPS) is 16.0. The van der Waals surface area contributed by atoms with Crippen LogP contribution in [0.1, 0.15) is 24.6 Å². The third kappa shape index (κ3) is 4.22. The number of nitrogens with zero attached hydrogens (tertiary/aromatic N) is 1. The van der Waals surface area contributed by atoms with Crippen LogP contribution in [0.4, 0.5) is 0 Å². The highest BCUT2D eigenvalue weighted by Gasteiger charge is 2.20. The molecule has 3 rings (SSSR count). The lowest BCUT2D eigenvalue weighted by molar-refractivity contribution is -0.119. The molecule has 2 aromatic rings. The van der Waals surface area contributed by atoms with E-state index >= 15 is 0 Å². The summed E-state index contributed by atoms with van der Waals surface area (Å²) in [4.78, 5) is 15.3. The summed E-state index contributed by atoms with van der Waals surface area (Å²) in [6.45, 7) is 2.59. The first-order valence-corrected chi connectivity index (χ1v) is 7.77. The number of fused-ring (bicyclic) bond motifs is 1. The van der Waals surface area contributed by atoms with Crippen molar-refractivity contribution in [3.63, 3.8) is 0 Å². The number of hydrogen-bond acceptors (Lipinski definition) is 4. The van der Waals surface area contributed by atoms with Gasteiger partial charge in [-0.25, -0.2) is 0 Å². The summed E-state index contributed by atoms with van der Waals surface area (Å²) in [5.74, 6) is 1.58. The molecule has 0 radical (unpaired) electrons. The van der Waals surface area contributed by atoms with E-state index in [0.29, 0.717) is 13.2 Å². The van der Waals surface area contributed by atoms with Crippen molar-refractivity contribution in [1.82, 2.24) is 10.3 Å². The maximum absolute atomic E-state index is 10.9. The Hall–Kier alpha value is -2.56. The minimum atomic E-state index is -0.0381. The molecule has 1 aliphatic heterocycles. The lowest BCUT2D eigenvalue weighted by atomic mass is 10.1. The second kappa shape index (κ2) is 7.13. The van der Waals surface area contributed by atoms with Gasteiger partial charge in [0.15, 0.2) is 11.5 Å². The van der Waals surface area contributed by atoms with Gasteiger partial charge in [-0.1, -0.05) is 18.2 Å². The van der Waals surface area contributed by atoms with Gasteiger partial charge in [-0.2, -0.15) is 0 Å². The summed E-state index contributed by atoms with van der Waals surface area (Å²) < 4.78 is 11.7. The minimum Gasteiger partial charge on any atom is -0.486 e. The summed E-state index contributed by atoms with van der Waals surface area (Å²) >= 11 is 0. The van der Waals surface area contributed by atoms with E-state index in [9.17, 15) is 4.79 Å². The number of para-hydroxylation sites is 2. The fourth-order valence-corrected chi connectivity index (χ4v) is 2.45. The molecule has 5 heteroatoms. The Morgan fingerprint density at radius 3 is 2.83 bits per heavy atom. The monoisotopic (exact) mass is 312 g/mol. The first-order valence-electron chi connectivity index (χ1n) is 7.77. The third-order valence-electron chi connectivity index (χ3n) is 3.72. The zero-order valence-electron chi connectivity index (χ0n) is 13.1. The van der Waals surface area contributed by atoms with Crippen molar-refractivity contribution in [1.29, 1.82) is 0 Å². The van der Waals surface area contributed by atoms with E-state index in [1.54, 1.807) is 6.20 Å². The summed E-state index contributed by atoms with van der Waals surface area (Å²) in [6.07, 6.45) is 3.53. The van der Waals surface area contributed by atoms with E-state index in [1.165, 1.54) is 6.92 Å². The Bertz CT molecular complexity index is 670. The van der Waals surface area contributed by atoms with Crippen LogP contribution in [0.25, 0.3) is 0 Å². The quantitative estimate of drug-likeness (QED) is 0.921. The molecule has 0 saturated heterocycles. The van der Waals surface area contributed by atoms with Crippen molar-refractivity contribution in [2.75, 3.05) is 6.61 Å². The highest BCUT2D eigenvalue weighted by molar-refractivity contribution is 5.72. The third-order valence-corrected chi connectivity index (χ3v) is 3.72. The standard InChI is InChI=1S/C18H20N2O3/c1-13(21)19-10-14-6-7-15(20-11-14)8-9-16-12-22-17-4-2-3-5-18(17)23-16/h2-7,11,16H,8-10,12H2,1H3,(H,19,21)/t16-/m1/s1. The minimum absolute atomic E-state index is 0.0381. The number of pyridine rings is 1. The van der Waals surface area contributed by atoms with Crippen molar-refractivity contribution in [2.45, 2.75) is 32.4 Å². The number of carbonyl (C=O) groups is 1. The van der Waals surface area contributed by atoms with Gasteiger partial charge in [-0.15, -0.1) is 0 Å². The molecule has 1 atom stereocenters. The molecule has 0 fully saturated rings. The largest absolute Gasteiger partial charge is 0.486 e. The average Bonchev–Trinajstić information content (AvgIpc) is 2.59. The van der Waals surface area contributed by atoms with E-state index in [1.807, 2.05) is 36.4 Å². The highest BCUT2D eigenvalue weighted by atomic mass is 16.6. The molecule has 1 aromatic carbocycles. The van der Waals surface area contributed by atoms with Crippen LogP contribution in [0.5, 0.6) is 11.5 Å². The number of carbonyl (C=O) groups excluding carboxylic acids is 1. The van der Waals surface area contributed by atoms with Gasteiger partial charge in [-0.05, 0) is 36.6 Å². The average molecular weight is 312 g/mol. The molecule has 0 saturated carbocycles. The molecule has 1 N–H and O–H groups in total. The Kier molecular flexibility index (Phi) is 4.76. The van der Waals surface area contributed by atoms with Gasteiger partial charge in [0.25, 0.3) is 0 Å². The number of nitrogens with one attached hydrogen (secondary N) is 1. The van der Waals surface area contributed by atoms with Gasteiger partial charge in [0.2, 0.25) is 5.91 Å². The fraction of sp³-hybridized carbons (Fsp3) is 0.333. The van der Waals surface area contributed by atoms with E-state index in [0.717, 1.165) is 35.6 Å². The van der Waals surface area contributed by atoms with Gasteiger partial charge in [0.1, 0.15) is 12.7 Å². The lowest BCUT2D eigenvalue weighted by Crippen LogP contribution is -2.29. The molecule has 0 bridgehead atoms. The van der Waals surface area contributed by atoms with Gasteiger partial charge in [0, 0.05) is 25.4 Å². The van der Waals surface area contributed by atoms with E-state index < -0.39 is 0 Å². The van der Waals surface area contributed by atoms with E-state index in [4.69, 9.17) is 9.47 Å². The summed E-state index contributed by atoms with van der Waals surface area (Å²) in [5.41, 5.74) is 2.01. The van der Waals surface area contributed by atoms with Crippen molar-refractivity contribution < 1.29 is 14.3 Å². The lowest BCUT2D eigenvalue weighted by Gasteiger charge is -2.26. The first-order chi connectivity index (χ1) is 11.2. The number of rotatable bonds is 5. The molecule has 1 aromatic heterocycles. The van der Waals surface area contributed by atoms with Crippen LogP contribution in [0.3, 0.4) is 0 Å².